The molecule has 1 aliphatic rings. The SMILES string of the molecule is CC(NC(=NC1CCCCC1)NN)C(N)=O. The maximum atomic E-state index is 10.9. The van der Waals surface area contributed by atoms with E-state index >= 15 is 0 Å². The fourth-order valence-electron chi connectivity index (χ4n) is 1.79. The molecule has 1 rings (SSSR count). The molecule has 1 fully saturated rings. The molecule has 0 aromatic carbocycles. The standard InChI is InChI=1S/C10H21N5O/c1-7(9(11)16)13-10(15-12)14-8-5-3-2-4-6-8/h7-8H,2-6,12H2,1H3,(H2,11,16)(H2,13,14,15). The van der Waals surface area contributed by atoms with Crippen LogP contribution in [0.3, 0.4) is 0 Å². The summed E-state index contributed by atoms with van der Waals surface area (Å²) < 4.78 is 0. The number of primary amides is 1. The molecule has 0 aromatic heterocycles. The highest BCUT2D eigenvalue weighted by Gasteiger charge is 2.15. The summed E-state index contributed by atoms with van der Waals surface area (Å²) in [6.45, 7) is 1.68. The van der Waals surface area contributed by atoms with Gasteiger partial charge >= 0.3 is 0 Å². The van der Waals surface area contributed by atoms with Gasteiger partial charge in [-0.3, -0.25) is 10.2 Å². The zero-order chi connectivity index (χ0) is 12.0. The zero-order valence-corrected chi connectivity index (χ0v) is 9.70. The third-order valence-electron chi connectivity index (χ3n) is 2.80. The lowest BCUT2D eigenvalue weighted by Gasteiger charge is -2.20. The molecular formula is C10H21N5O. The van der Waals surface area contributed by atoms with Crippen LogP contribution in [0.4, 0.5) is 0 Å². The molecule has 6 nitrogen and oxygen atoms in total. The molecule has 0 aromatic rings. The van der Waals surface area contributed by atoms with Gasteiger partial charge in [0, 0.05) is 0 Å². The highest BCUT2D eigenvalue weighted by Crippen LogP contribution is 2.19. The second-order valence-corrected chi connectivity index (χ2v) is 4.18. The Morgan fingerprint density at radius 3 is 2.50 bits per heavy atom. The fourth-order valence-corrected chi connectivity index (χ4v) is 1.79. The van der Waals surface area contributed by atoms with Crippen molar-refractivity contribution < 1.29 is 4.79 Å². The predicted octanol–water partition coefficient (Wildman–Crippen LogP) is -0.398. The highest BCUT2D eigenvalue weighted by atomic mass is 16.1. The molecule has 0 aliphatic heterocycles. The van der Waals surface area contributed by atoms with Crippen molar-refractivity contribution in [3.8, 4) is 0 Å². The first-order valence-corrected chi connectivity index (χ1v) is 5.73. The molecule has 6 heteroatoms. The molecule has 1 unspecified atom stereocenters. The van der Waals surface area contributed by atoms with Crippen molar-refractivity contribution >= 4 is 11.9 Å². The second-order valence-electron chi connectivity index (χ2n) is 4.18. The van der Waals surface area contributed by atoms with E-state index in [0.717, 1.165) is 12.8 Å². The van der Waals surface area contributed by atoms with Gasteiger partial charge in [0.05, 0.1) is 6.04 Å². The molecule has 0 heterocycles. The topological polar surface area (TPSA) is 106 Å². The Bertz CT molecular complexity index is 260. The Hall–Kier alpha value is -1.30. The van der Waals surface area contributed by atoms with Crippen molar-refractivity contribution in [2.75, 3.05) is 0 Å². The Labute approximate surface area is 95.8 Å². The third kappa shape index (κ3) is 4.06. The summed E-state index contributed by atoms with van der Waals surface area (Å²) in [6.07, 6.45) is 5.85. The first-order chi connectivity index (χ1) is 7.63. The Balaban J connectivity index is 2.51. The molecule has 0 bridgehead atoms. The summed E-state index contributed by atoms with van der Waals surface area (Å²) in [7, 11) is 0. The number of carbonyl (C=O) groups excluding carboxylic acids is 1. The van der Waals surface area contributed by atoms with Gasteiger partial charge in [-0.2, -0.15) is 0 Å². The summed E-state index contributed by atoms with van der Waals surface area (Å²) >= 11 is 0. The second kappa shape index (κ2) is 6.32. The number of hydrogen-bond donors (Lipinski definition) is 4. The van der Waals surface area contributed by atoms with Crippen LogP contribution < -0.4 is 22.3 Å². The molecule has 16 heavy (non-hydrogen) atoms. The van der Waals surface area contributed by atoms with Crippen molar-refractivity contribution in [3.63, 3.8) is 0 Å². The Kier molecular flexibility index (Phi) is 5.04. The quantitative estimate of drug-likeness (QED) is 0.228. The number of hydrazine groups is 1. The van der Waals surface area contributed by atoms with Gasteiger partial charge in [-0.15, -0.1) is 0 Å². The van der Waals surface area contributed by atoms with Crippen molar-refractivity contribution in [1.29, 1.82) is 0 Å². The predicted molar refractivity (Wildman–Crippen MR) is 63.4 cm³/mol. The first kappa shape index (κ1) is 12.8. The molecular weight excluding hydrogens is 206 g/mol. The van der Waals surface area contributed by atoms with E-state index in [9.17, 15) is 4.79 Å². The molecule has 92 valence electrons. The molecule has 1 saturated carbocycles. The van der Waals surface area contributed by atoms with Crippen LogP contribution in [-0.2, 0) is 4.79 Å². The van der Waals surface area contributed by atoms with E-state index in [1.165, 1.54) is 19.3 Å². The van der Waals surface area contributed by atoms with Crippen molar-refractivity contribution in [3.05, 3.63) is 0 Å². The van der Waals surface area contributed by atoms with Gasteiger partial charge in [-0.05, 0) is 19.8 Å². The maximum Gasteiger partial charge on any atom is 0.239 e. The molecule has 6 N–H and O–H groups in total. The van der Waals surface area contributed by atoms with E-state index in [0.29, 0.717) is 12.0 Å². The molecule has 0 radical (unpaired) electrons. The minimum atomic E-state index is -0.474. The molecule has 1 aliphatic carbocycles. The van der Waals surface area contributed by atoms with Crippen LogP contribution in [0.2, 0.25) is 0 Å². The average Bonchev–Trinajstić information content (AvgIpc) is 2.29. The van der Waals surface area contributed by atoms with Crippen molar-refractivity contribution in [2.45, 2.75) is 51.1 Å². The van der Waals surface area contributed by atoms with Crippen LogP contribution in [0.5, 0.6) is 0 Å². The van der Waals surface area contributed by atoms with Gasteiger partial charge in [0.1, 0.15) is 6.04 Å². The Morgan fingerprint density at radius 1 is 1.38 bits per heavy atom. The summed E-state index contributed by atoms with van der Waals surface area (Å²) in [5.74, 6) is 5.36. The van der Waals surface area contributed by atoms with Crippen molar-refractivity contribution in [1.82, 2.24) is 10.7 Å². The summed E-state index contributed by atoms with van der Waals surface area (Å²) in [5, 5.41) is 2.85. The van der Waals surface area contributed by atoms with E-state index in [1.54, 1.807) is 6.92 Å². The lowest BCUT2D eigenvalue weighted by Crippen LogP contribution is -2.50. The van der Waals surface area contributed by atoms with Gasteiger partial charge in [0.15, 0.2) is 0 Å². The Morgan fingerprint density at radius 2 is 2.00 bits per heavy atom. The minimum Gasteiger partial charge on any atom is -0.368 e. The number of guanidine groups is 1. The smallest absolute Gasteiger partial charge is 0.239 e. The number of amides is 1. The number of nitrogens with zero attached hydrogens (tertiary/aromatic N) is 1. The van der Waals surface area contributed by atoms with E-state index in [-0.39, 0.29) is 0 Å². The van der Waals surface area contributed by atoms with E-state index in [2.05, 4.69) is 15.7 Å². The number of nitrogens with two attached hydrogens (primary N) is 2. The number of rotatable bonds is 3. The van der Waals surface area contributed by atoms with Crippen molar-refractivity contribution in [2.24, 2.45) is 16.6 Å². The summed E-state index contributed by atoms with van der Waals surface area (Å²) in [4.78, 5) is 15.3. The lowest BCUT2D eigenvalue weighted by atomic mass is 9.96. The van der Waals surface area contributed by atoms with E-state index in [4.69, 9.17) is 11.6 Å². The highest BCUT2D eigenvalue weighted by molar-refractivity contribution is 5.87. The van der Waals surface area contributed by atoms with Crippen LogP contribution in [-0.4, -0.2) is 24.0 Å². The van der Waals surface area contributed by atoms with Gasteiger partial charge in [-0.1, -0.05) is 19.3 Å². The first-order valence-electron chi connectivity index (χ1n) is 5.73. The summed E-state index contributed by atoms with van der Waals surface area (Å²) in [6, 6.07) is -0.175. The van der Waals surface area contributed by atoms with Gasteiger partial charge in [0.25, 0.3) is 0 Å². The minimum absolute atomic E-state index is 0.298. The number of hydrogen-bond acceptors (Lipinski definition) is 3. The third-order valence-corrected chi connectivity index (χ3v) is 2.80. The van der Waals surface area contributed by atoms with Crippen LogP contribution in [0.15, 0.2) is 4.99 Å². The normalized spacial score (nSPS) is 20.2. The maximum absolute atomic E-state index is 10.9. The molecule has 1 atom stereocenters. The van der Waals surface area contributed by atoms with E-state index in [1.807, 2.05) is 0 Å². The average molecular weight is 227 g/mol. The lowest BCUT2D eigenvalue weighted by molar-refractivity contribution is -0.119. The zero-order valence-electron chi connectivity index (χ0n) is 9.70. The van der Waals surface area contributed by atoms with Crippen LogP contribution in [0, 0.1) is 0 Å². The van der Waals surface area contributed by atoms with Crippen LogP contribution in [0.1, 0.15) is 39.0 Å². The largest absolute Gasteiger partial charge is 0.368 e. The molecule has 1 amide bonds. The summed E-state index contributed by atoms with van der Waals surface area (Å²) in [5.41, 5.74) is 7.61. The van der Waals surface area contributed by atoms with Gasteiger partial charge < -0.3 is 11.1 Å². The van der Waals surface area contributed by atoms with E-state index < -0.39 is 11.9 Å². The number of nitrogens with one attached hydrogen (secondary N) is 2. The van der Waals surface area contributed by atoms with Gasteiger partial charge in [0.2, 0.25) is 11.9 Å². The fraction of sp³-hybridized carbons (Fsp3) is 0.800. The van der Waals surface area contributed by atoms with Crippen LogP contribution >= 0.6 is 0 Å². The molecule has 0 spiro atoms. The monoisotopic (exact) mass is 227 g/mol. The molecule has 0 saturated heterocycles. The van der Waals surface area contributed by atoms with Crippen LogP contribution in [0.25, 0.3) is 0 Å². The van der Waals surface area contributed by atoms with Gasteiger partial charge in [-0.25, -0.2) is 10.8 Å². The number of carbonyl (C=O) groups is 1. The number of aliphatic imine (C=N–C) groups is 1.